The molecular formula is C19H16ClN3O3. The smallest absolute Gasteiger partial charge is 0.338 e. The van der Waals surface area contributed by atoms with Crippen LogP contribution in [0.4, 0.5) is 0 Å². The molecule has 3 rings (SSSR count). The van der Waals surface area contributed by atoms with Crippen molar-refractivity contribution in [3.63, 3.8) is 0 Å². The van der Waals surface area contributed by atoms with Crippen LogP contribution >= 0.6 is 11.6 Å². The molecule has 0 atom stereocenters. The SMILES string of the molecule is O=C(COC(=O)c1ccc(-c2ncc[nH]2)cc1)NCc1ccccc1Cl. The van der Waals surface area contributed by atoms with Gasteiger partial charge in [-0.1, -0.05) is 41.9 Å². The number of amides is 1. The monoisotopic (exact) mass is 369 g/mol. The second kappa shape index (κ2) is 8.31. The van der Waals surface area contributed by atoms with Crippen LogP contribution < -0.4 is 5.32 Å². The summed E-state index contributed by atoms with van der Waals surface area (Å²) in [5, 5.41) is 3.23. The lowest BCUT2D eigenvalue weighted by Crippen LogP contribution is -2.28. The van der Waals surface area contributed by atoms with Crippen molar-refractivity contribution >= 4 is 23.5 Å². The van der Waals surface area contributed by atoms with Crippen molar-refractivity contribution < 1.29 is 14.3 Å². The molecule has 6 nitrogen and oxygen atoms in total. The molecule has 0 aliphatic carbocycles. The predicted molar refractivity (Wildman–Crippen MR) is 97.6 cm³/mol. The average Bonchev–Trinajstić information content (AvgIpc) is 3.20. The van der Waals surface area contributed by atoms with Gasteiger partial charge in [0.25, 0.3) is 5.91 Å². The molecule has 3 aromatic rings. The molecular weight excluding hydrogens is 354 g/mol. The zero-order chi connectivity index (χ0) is 18.4. The molecule has 0 aliphatic rings. The summed E-state index contributed by atoms with van der Waals surface area (Å²) in [5.74, 6) is -0.252. The summed E-state index contributed by atoms with van der Waals surface area (Å²) in [7, 11) is 0. The van der Waals surface area contributed by atoms with E-state index in [1.54, 1.807) is 42.7 Å². The van der Waals surface area contributed by atoms with E-state index in [-0.39, 0.29) is 13.2 Å². The Kier molecular flexibility index (Phi) is 5.66. The van der Waals surface area contributed by atoms with E-state index in [4.69, 9.17) is 16.3 Å². The van der Waals surface area contributed by atoms with Crippen LogP contribution in [0.2, 0.25) is 5.02 Å². The van der Waals surface area contributed by atoms with E-state index in [0.717, 1.165) is 11.1 Å². The topological polar surface area (TPSA) is 84.1 Å². The molecule has 0 spiro atoms. The molecule has 1 aromatic heterocycles. The van der Waals surface area contributed by atoms with Gasteiger partial charge in [-0.2, -0.15) is 0 Å². The lowest BCUT2D eigenvalue weighted by molar-refractivity contribution is -0.124. The number of hydrogen-bond donors (Lipinski definition) is 2. The van der Waals surface area contributed by atoms with Crippen molar-refractivity contribution in [2.75, 3.05) is 6.61 Å². The first kappa shape index (κ1) is 17.7. The molecule has 0 bridgehead atoms. The van der Waals surface area contributed by atoms with Gasteiger partial charge in [-0.15, -0.1) is 0 Å². The molecule has 26 heavy (non-hydrogen) atoms. The van der Waals surface area contributed by atoms with Gasteiger partial charge in [0.05, 0.1) is 5.56 Å². The van der Waals surface area contributed by atoms with Crippen LogP contribution in [0.25, 0.3) is 11.4 Å². The van der Waals surface area contributed by atoms with Crippen LogP contribution in [0.3, 0.4) is 0 Å². The molecule has 0 unspecified atom stereocenters. The van der Waals surface area contributed by atoms with E-state index in [1.807, 2.05) is 18.2 Å². The van der Waals surface area contributed by atoms with Crippen LogP contribution in [-0.4, -0.2) is 28.5 Å². The van der Waals surface area contributed by atoms with E-state index in [1.165, 1.54) is 0 Å². The summed E-state index contributed by atoms with van der Waals surface area (Å²) in [4.78, 5) is 31.0. The first-order valence-corrected chi connectivity index (χ1v) is 8.28. The number of carbonyl (C=O) groups is 2. The van der Waals surface area contributed by atoms with E-state index in [9.17, 15) is 9.59 Å². The minimum atomic E-state index is -0.566. The maximum atomic E-state index is 12.0. The molecule has 0 aliphatic heterocycles. The Balaban J connectivity index is 1.49. The Morgan fingerprint density at radius 2 is 1.88 bits per heavy atom. The number of nitrogens with zero attached hydrogens (tertiary/aromatic N) is 1. The van der Waals surface area contributed by atoms with E-state index in [0.29, 0.717) is 16.4 Å². The Bertz CT molecular complexity index is 893. The third kappa shape index (κ3) is 4.49. The second-order valence-electron chi connectivity index (χ2n) is 5.46. The maximum Gasteiger partial charge on any atom is 0.338 e. The third-order valence-electron chi connectivity index (χ3n) is 3.66. The van der Waals surface area contributed by atoms with Crippen LogP contribution in [0, 0.1) is 0 Å². The first-order chi connectivity index (χ1) is 12.6. The fourth-order valence-corrected chi connectivity index (χ4v) is 2.49. The third-order valence-corrected chi connectivity index (χ3v) is 4.03. The number of ether oxygens (including phenoxy) is 1. The van der Waals surface area contributed by atoms with Gasteiger partial charge in [0.1, 0.15) is 5.82 Å². The van der Waals surface area contributed by atoms with Gasteiger partial charge in [0, 0.05) is 29.5 Å². The summed E-state index contributed by atoms with van der Waals surface area (Å²) in [6, 6.07) is 14.0. The van der Waals surface area contributed by atoms with Crippen molar-refractivity contribution in [2.45, 2.75) is 6.54 Å². The lowest BCUT2D eigenvalue weighted by Gasteiger charge is -2.08. The Morgan fingerprint density at radius 3 is 2.58 bits per heavy atom. The number of H-pyrrole nitrogens is 1. The van der Waals surface area contributed by atoms with Gasteiger partial charge in [-0.05, 0) is 23.8 Å². The maximum absolute atomic E-state index is 12.0. The van der Waals surface area contributed by atoms with Crippen molar-refractivity contribution in [1.29, 1.82) is 0 Å². The normalized spacial score (nSPS) is 10.3. The van der Waals surface area contributed by atoms with E-state index < -0.39 is 11.9 Å². The minimum Gasteiger partial charge on any atom is -0.452 e. The van der Waals surface area contributed by atoms with Crippen molar-refractivity contribution in [1.82, 2.24) is 15.3 Å². The van der Waals surface area contributed by atoms with Crippen LogP contribution in [-0.2, 0) is 16.1 Å². The molecule has 0 saturated carbocycles. The Morgan fingerprint density at radius 1 is 1.12 bits per heavy atom. The van der Waals surface area contributed by atoms with Gasteiger partial charge < -0.3 is 15.0 Å². The standard InChI is InChI=1S/C19H16ClN3O3/c20-16-4-2-1-3-15(16)11-23-17(24)12-26-19(25)14-7-5-13(6-8-14)18-21-9-10-22-18/h1-10H,11-12H2,(H,21,22)(H,23,24). The van der Waals surface area contributed by atoms with Crippen LogP contribution in [0.5, 0.6) is 0 Å². The molecule has 0 fully saturated rings. The molecule has 1 heterocycles. The fourth-order valence-electron chi connectivity index (χ4n) is 2.29. The quantitative estimate of drug-likeness (QED) is 0.653. The number of carbonyl (C=O) groups excluding carboxylic acids is 2. The zero-order valence-corrected chi connectivity index (χ0v) is 14.5. The van der Waals surface area contributed by atoms with Crippen molar-refractivity contribution in [3.8, 4) is 11.4 Å². The summed E-state index contributed by atoms with van der Waals surface area (Å²) in [6.07, 6.45) is 3.37. The Hall–Kier alpha value is -3.12. The predicted octanol–water partition coefficient (Wildman–Crippen LogP) is 3.20. The number of esters is 1. The van der Waals surface area contributed by atoms with Crippen LogP contribution in [0.1, 0.15) is 15.9 Å². The molecule has 132 valence electrons. The number of nitrogens with one attached hydrogen (secondary N) is 2. The Labute approximate surface area is 155 Å². The fraction of sp³-hybridized carbons (Fsp3) is 0.105. The summed E-state index contributed by atoms with van der Waals surface area (Å²) in [5.41, 5.74) is 2.01. The number of rotatable bonds is 6. The molecule has 0 radical (unpaired) electrons. The largest absolute Gasteiger partial charge is 0.452 e. The summed E-state index contributed by atoms with van der Waals surface area (Å²) in [6.45, 7) is -0.0862. The van der Waals surface area contributed by atoms with Gasteiger partial charge in [-0.3, -0.25) is 4.79 Å². The summed E-state index contributed by atoms with van der Waals surface area (Å²) < 4.78 is 5.03. The van der Waals surface area contributed by atoms with Gasteiger partial charge >= 0.3 is 5.97 Å². The van der Waals surface area contributed by atoms with Gasteiger partial charge in [0.15, 0.2) is 6.61 Å². The van der Waals surface area contributed by atoms with Crippen molar-refractivity contribution in [3.05, 3.63) is 77.1 Å². The zero-order valence-electron chi connectivity index (χ0n) is 13.7. The molecule has 1 amide bonds. The number of imidazole rings is 1. The highest BCUT2D eigenvalue weighted by Crippen LogP contribution is 2.16. The number of aromatic amines is 1. The van der Waals surface area contributed by atoms with Crippen LogP contribution in [0.15, 0.2) is 60.9 Å². The van der Waals surface area contributed by atoms with Gasteiger partial charge in [0.2, 0.25) is 0 Å². The minimum absolute atomic E-state index is 0.272. The first-order valence-electron chi connectivity index (χ1n) is 7.90. The highest BCUT2D eigenvalue weighted by Gasteiger charge is 2.11. The highest BCUT2D eigenvalue weighted by molar-refractivity contribution is 6.31. The highest BCUT2D eigenvalue weighted by atomic mass is 35.5. The summed E-state index contributed by atoms with van der Waals surface area (Å²) >= 11 is 6.02. The average molecular weight is 370 g/mol. The molecule has 2 aromatic carbocycles. The van der Waals surface area contributed by atoms with Crippen molar-refractivity contribution in [2.24, 2.45) is 0 Å². The van der Waals surface area contributed by atoms with E-state index >= 15 is 0 Å². The van der Waals surface area contributed by atoms with Gasteiger partial charge in [-0.25, -0.2) is 9.78 Å². The second-order valence-corrected chi connectivity index (χ2v) is 5.87. The molecule has 7 heteroatoms. The molecule has 2 N–H and O–H groups in total. The van der Waals surface area contributed by atoms with E-state index in [2.05, 4.69) is 15.3 Å². The number of benzene rings is 2. The lowest BCUT2D eigenvalue weighted by atomic mass is 10.1. The number of aromatic nitrogens is 2. The number of halogens is 1. The molecule has 0 saturated heterocycles. The number of hydrogen-bond acceptors (Lipinski definition) is 4.